The van der Waals surface area contributed by atoms with E-state index in [4.69, 9.17) is 14.2 Å². The summed E-state index contributed by atoms with van der Waals surface area (Å²) in [7, 11) is 0. The maximum Gasteiger partial charge on any atom is 0.306 e. The summed E-state index contributed by atoms with van der Waals surface area (Å²) >= 11 is 0. The standard InChI is InChI=1S/C73H116O6/c1-4-7-10-13-16-19-22-25-27-28-29-30-31-32-33-34-35-36-37-38-39-40-41-42-43-44-46-48-51-54-57-60-63-66-72(75)78-69-70(68-77-71(74)65-62-59-56-53-50-47-24-21-18-15-12-9-6-3)79-73(76)67-64-61-58-55-52-49-45-26-23-20-17-14-11-8-5-2/h7-12,16-21,25-27,29-30,32-33,35-36,45,47,50,52,55,70H,4-6,13-15,22-24,28,31,34,37-44,46,48-49,51,53-54,56-69H2,1-3H3/b10-7-,11-8-,12-9-,19-16-,20-17-,21-18-,27-25-,30-29-,33-32-,36-35-,45-26-,50-47-,55-52-. The Hall–Kier alpha value is -4.97. The Morgan fingerprint density at radius 3 is 0.747 bits per heavy atom. The van der Waals surface area contributed by atoms with E-state index in [1.165, 1.54) is 77.0 Å². The minimum atomic E-state index is -0.818. The molecule has 0 saturated carbocycles. The number of esters is 3. The van der Waals surface area contributed by atoms with Crippen LogP contribution < -0.4 is 0 Å². The summed E-state index contributed by atoms with van der Waals surface area (Å²) in [5, 5.41) is 0. The molecule has 0 aliphatic heterocycles. The predicted octanol–water partition coefficient (Wildman–Crippen LogP) is 22.1. The maximum absolute atomic E-state index is 12.9. The molecule has 0 N–H and O–H groups in total. The fourth-order valence-electron chi connectivity index (χ4n) is 8.33. The molecular weight excluding hydrogens is 973 g/mol. The molecule has 0 rings (SSSR count). The lowest BCUT2D eigenvalue weighted by Gasteiger charge is -2.18. The van der Waals surface area contributed by atoms with Gasteiger partial charge in [-0.1, -0.05) is 262 Å². The third kappa shape index (κ3) is 63.7. The van der Waals surface area contributed by atoms with Crippen LogP contribution in [0.15, 0.2) is 158 Å². The van der Waals surface area contributed by atoms with E-state index in [9.17, 15) is 14.4 Å². The third-order valence-corrected chi connectivity index (χ3v) is 13.0. The first-order valence-electron chi connectivity index (χ1n) is 32.0. The minimum Gasteiger partial charge on any atom is -0.462 e. The van der Waals surface area contributed by atoms with E-state index in [1.54, 1.807) is 0 Å². The summed E-state index contributed by atoms with van der Waals surface area (Å²) in [5.74, 6) is -0.986. The molecule has 0 radical (unpaired) electrons. The zero-order valence-corrected chi connectivity index (χ0v) is 50.8. The Labute approximate surface area is 486 Å². The van der Waals surface area contributed by atoms with Gasteiger partial charge < -0.3 is 14.2 Å². The molecule has 0 aromatic carbocycles. The lowest BCUT2D eigenvalue weighted by atomic mass is 10.0. The number of carbonyl (C=O) groups is 3. The van der Waals surface area contributed by atoms with Gasteiger partial charge in [0.05, 0.1) is 0 Å². The summed E-state index contributed by atoms with van der Waals surface area (Å²) in [5.41, 5.74) is 0. The Morgan fingerprint density at radius 2 is 0.456 bits per heavy atom. The van der Waals surface area contributed by atoms with Gasteiger partial charge in [-0.3, -0.25) is 14.4 Å². The Balaban J connectivity index is 4.26. The second-order valence-electron chi connectivity index (χ2n) is 20.5. The van der Waals surface area contributed by atoms with Gasteiger partial charge in [-0.05, 0) is 141 Å². The van der Waals surface area contributed by atoms with Gasteiger partial charge in [0.1, 0.15) is 13.2 Å². The quantitative estimate of drug-likeness (QED) is 0.0261. The largest absolute Gasteiger partial charge is 0.462 e. The van der Waals surface area contributed by atoms with Gasteiger partial charge in [0, 0.05) is 19.3 Å². The molecule has 0 spiro atoms. The third-order valence-electron chi connectivity index (χ3n) is 13.0. The van der Waals surface area contributed by atoms with Crippen LogP contribution in [-0.2, 0) is 28.6 Å². The van der Waals surface area contributed by atoms with Crippen LogP contribution in [0.3, 0.4) is 0 Å². The summed E-state index contributed by atoms with van der Waals surface area (Å²) in [4.78, 5) is 38.2. The molecule has 79 heavy (non-hydrogen) atoms. The highest BCUT2D eigenvalue weighted by Gasteiger charge is 2.19. The zero-order valence-electron chi connectivity index (χ0n) is 50.8. The van der Waals surface area contributed by atoms with Gasteiger partial charge >= 0.3 is 17.9 Å². The molecule has 0 saturated heterocycles. The molecule has 6 heteroatoms. The van der Waals surface area contributed by atoms with Gasteiger partial charge in [0.15, 0.2) is 6.10 Å². The molecule has 0 fully saturated rings. The maximum atomic E-state index is 12.9. The van der Waals surface area contributed by atoms with Gasteiger partial charge in [0.25, 0.3) is 0 Å². The van der Waals surface area contributed by atoms with Crippen molar-refractivity contribution in [3.63, 3.8) is 0 Å². The molecule has 0 aromatic heterocycles. The van der Waals surface area contributed by atoms with Crippen LogP contribution in [0.25, 0.3) is 0 Å². The topological polar surface area (TPSA) is 78.9 Å². The minimum absolute atomic E-state index is 0.109. The number of carbonyl (C=O) groups excluding carboxylic acids is 3. The first kappa shape index (κ1) is 74.0. The lowest BCUT2D eigenvalue weighted by Crippen LogP contribution is -2.30. The fraction of sp³-hybridized carbons (Fsp3) is 0.603. The lowest BCUT2D eigenvalue weighted by molar-refractivity contribution is -0.167. The van der Waals surface area contributed by atoms with Crippen molar-refractivity contribution >= 4 is 17.9 Å². The average molecular weight is 1090 g/mol. The number of hydrogen-bond acceptors (Lipinski definition) is 6. The van der Waals surface area contributed by atoms with Crippen LogP contribution in [0.2, 0.25) is 0 Å². The van der Waals surface area contributed by atoms with Crippen molar-refractivity contribution in [2.75, 3.05) is 13.2 Å². The molecule has 6 nitrogen and oxygen atoms in total. The van der Waals surface area contributed by atoms with Crippen molar-refractivity contribution in [3.8, 4) is 0 Å². The molecule has 444 valence electrons. The van der Waals surface area contributed by atoms with Gasteiger partial charge in [-0.15, -0.1) is 0 Å². The number of hydrogen-bond donors (Lipinski definition) is 0. The van der Waals surface area contributed by atoms with Crippen LogP contribution in [-0.4, -0.2) is 37.2 Å². The molecule has 0 aliphatic carbocycles. The summed E-state index contributed by atoms with van der Waals surface area (Å²) in [6.07, 6.45) is 95.6. The summed E-state index contributed by atoms with van der Waals surface area (Å²) in [6, 6.07) is 0. The van der Waals surface area contributed by atoms with Crippen molar-refractivity contribution < 1.29 is 28.6 Å². The van der Waals surface area contributed by atoms with E-state index in [0.29, 0.717) is 19.3 Å². The Morgan fingerprint density at radius 1 is 0.253 bits per heavy atom. The Bertz CT molecular complexity index is 1780. The highest BCUT2D eigenvalue weighted by atomic mass is 16.6. The highest BCUT2D eigenvalue weighted by Crippen LogP contribution is 2.15. The van der Waals surface area contributed by atoms with E-state index in [-0.39, 0.29) is 37.5 Å². The molecule has 1 unspecified atom stereocenters. The van der Waals surface area contributed by atoms with Crippen LogP contribution in [0.5, 0.6) is 0 Å². The van der Waals surface area contributed by atoms with Crippen LogP contribution in [0.4, 0.5) is 0 Å². The predicted molar refractivity (Wildman–Crippen MR) is 343 cm³/mol. The fourth-order valence-corrected chi connectivity index (χ4v) is 8.33. The van der Waals surface area contributed by atoms with Crippen LogP contribution in [0.1, 0.15) is 265 Å². The van der Waals surface area contributed by atoms with Crippen molar-refractivity contribution in [2.45, 2.75) is 271 Å². The first-order valence-corrected chi connectivity index (χ1v) is 32.0. The normalized spacial score (nSPS) is 13.2. The molecule has 0 aromatic rings. The second-order valence-corrected chi connectivity index (χ2v) is 20.5. The van der Waals surface area contributed by atoms with Crippen LogP contribution in [0, 0.1) is 0 Å². The summed E-state index contributed by atoms with van der Waals surface area (Å²) in [6.45, 7) is 6.23. The van der Waals surface area contributed by atoms with Gasteiger partial charge in [-0.25, -0.2) is 0 Å². The number of unbranched alkanes of at least 4 members (excludes halogenated alkanes) is 19. The van der Waals surface area contributed by atoms with Crippen molar-refractivity contribution in [1.29, 1.82) is 0 Å². The number of rotatable bonds is 56. The SMILES string of the molecule is CC/C=C\C/C=C\C/C=C\C/C=C\C/C=C\C/C=C\CCCCCCCCCCCCCCCCC(=O)OCC(COC(=O)CCCCC/C=C\C/C=C\C/C=C\CC)OC(=O)CCCC/C=C\C/C=C\C/C=C\C/C=C\CC. The smallest absolute Gasteiger partial charge is 0.306 e. The Kier molecular flexibility index (Phi) is 61.4. The van der Waals surface area contributed by atoms with Crippen molar-refractivity contribution in [3.05, 3.63) is 158 Å². The van der Waals surface area contributed by atoms with E-state index >= 15 is 0 Å². The molecule has 0 heterocycles. The van der Waals surface area contributed by atoms with Gasteiger partial charge in [0.2, 0.25) is 0 Å². The molecule has 1 atom stereocenters. The van der Waals surface area contributed by atoms with Crippen molar-refractivity contribution in [1.82, 2.24) is 0 Å². The van der Waals surface area contributed by atoms with Crippen LogP contribution >= 0.6 is 0 Å². The molecule has 0 amide bonds. The highest BCUT2D eigenvalue weighted by molar-refractivity contribution is 5.71. The van der Waals surface area contributed by atoms with Gasteiger partial charge in [-0.2, -0.15) is 0 Å². The molecule has 0 aliphatic rings. The van der Waals surface area contributed by atoms with E-state index in [0.717, 1.165) is 141 Å². The molecular formula is C73H116O6. The summed E-state index contributed by atoms with van der Waals surface area (Å²) < 4.78 is 16.8. The second kappa shape index (κ2) is 65.5. The monoisotopic (exact) mass is 1090 g/mol. The number of ether oxygens (including phenoxy) is 3. The first-order chi connectivity index (χ1) is 39.0. The number of allylic oxidation sites excluding steroid dienone is 26. The van der Waals surface area contributed by atoms with E-state index < -0.39 is 6.10 Å². The van der Waals surface area contributed by atoms with E-state index in [2.05, 4.69) is 179 Å². The molecule has 0 bridgehead atoms. The average Bonchev–Trinajstić information content (AvgIpc) is 3.45. The van der Waals surface area contributed by atoms with Crippen molar-refractivity contribution in [2.24, 2.45) is 0 Å². The zero-order chi connectivity index (χ0) is 57.1. The van der Waals surface area contributed by atoms with E-state index in [1.807, 2.05) is 0 Å².